The second-order valence-corrected chi connectivity index (χ2v) is 8.04. The first-order valence-corrected chi connectivity index (χ1v) is 11.7. The molecule has 0 saturated carbocycles. The van der Waals surface area contributed by atoms with Crippen molar-refractivity contribution in [2.24, 2.45) is 0 Å². The Bertz CT molecular complexity index is 495. The van der Waals surface area contributed by atoms with Crippen LogP contribution in [-0.4, -0.2) is 17.2 Å². The predicted molar refractivity (Wildman–Crippen MR) is 118 cm³/mol. The number of benzene rings is 1. The number of carboxylic acid groups (broad SMARTS) is 1. The first-order chi connectivity index (χ1) is 13.7. The molecule has 0 aliphatic rings. The third kappa shape index (κ3) is 12.0. The van der Waals surface area contributed by atoms with E-state index in [0.717, 1.165) is 18.6 Å². The fraction of sp³-hybridized carbons (Fsp3) is 0.720. The molecule has 0 aliphatic heterocycles. The quantitative estimate of drug-likeness (QED) is 0.258. The Hall–Kier alpha value is -1.51. The number of aromatic carboxylic acids is 1. The highest BCUT2D eigenvalue weighted by atomic mass is 16.5. The van der Waals surface area contributed by atoms with Crippen molar-refractivity contribution in [3.05, 3.63) is 29.8 Å². The molecule has 0 bridgehead atoms. The van der Waals surface area contributed by atoms with E-state index in [1.165, 1.54) is 83.5 Å². The molecule has 0 aromatic heterocycles. The Morgan fingerprint density at radius 2 is 1.18 bits per heavy atom. The van der Waals surface area contributed by atoms with Gasteiger partial charge in [0, 0.05) is 0 Å². The van der Waals surface area contributed by atoms with Crippen molar-refractivity contribution in [1.82, 2.24) is 0 Å². The molecule has 0 fully saturated rings. The van der Waals surface area contributed by atoms with Crippen LogP contribution in [0, 0.1) is 0 Å². The summed E-state index contributed by atoms with van der Waals surface area (Å²) < 4.78 is 6.23. The molecule has 160 valence electrons. The molecule has 0 spiro atoms. The van der Waals surface area contributed by atoms with Crippen LogP contribution in [0.2, 0.25) is 0 Å². The Morgan fingerprint density at radius 1 is 0.750 bits per heavy atom. The topological polar surface area (TPSA) is 46.5 Å². The molecule has 1 aromatic rings. The number of hydrogen-bond acceptors (Lipinski definition) is 2. The zero-order valence-corrected chi connectivity index (χ0v) is 18.3. The van der Waals surface area contributed by atoms with Crippen molar-refractivity contribution in [2.45, 2.75) is 116 Å². The maximum Gasteiger partial charge on any atom is 0.335 e. The zero-order valence-electron chi connectivity index (χ0n) is 18.3. The van der Waals surface area contributed by atoms with Crippen LogP contribution in [0.4, 0.5) is 0 Å². The van der Waals surface area contributed by atoms with Gasteiger partial charge in [0.05, 0.1) is 11.7 Å². The standard InChI is InChI=1S/C25H42O3/c1-3-5-7-9-11-13-15-17-23(16-14-12-10-8-6-4-2)28-24-20-18-22(19-21-24)25(26)27/h18-21,23H,3-17H2,1-2H3,(H,26,27). The number of rotatable bonds is 18. The molecule has 28 heavy (non-hydrogen) atoms. The summed E-state index contributed by atoms with van der Waals surface area (Å²) in [4.78, 5) is 11.0. The Labute approximate surface area is 172 Å². The minimum absolute atomic E-state index is 0.248. The van der Waals surface area contributed by atoms with Crippen LogP contribution in [0.15, 0.2) is 24.3 Å². The molecule has 1 rings (SSSR count). The van der Waals surface area contributed by atoms with Crippen molar-refractivity contribution in [2.75, 3.05) is 0 Å². The summed E-state index contributed by atoms with van der Waals surface area (Å²) in [5, 5.41) is 9.04. The van der Waals surface area contributed by atoms with Gasteiger partial charge in [-0.05, 0) is 49.9 Å². The van der Waals surface area contributed by atoms with Crippen LogP contribution in [-0.2, 0) is 0 Å². The molecule has 3 heteroatoms. The highest BCUT2D eigenvalue weighted by Crippen LogP contribution is 2.21. The summed E-state index contributed by atoms with van der Waals surface area (Å²) in [6.07, 6.45) is 19.5. The van der Waals surface area contributed by atoms with Gasteiger partial charge in [-0.15, -0.1) is 0 Å². The summed E-state index contributed by atoms with van der Waals surface area (Å²) in [5.74, 6) is -0.0952. The fourth-order valence-electron chi connectivity index (χ4n) is 3.61. The third-order valence-electron chi connectivity index (χ3n) is 5.41. The molecule has 0 amide bonds. The molecule has 0 heterocycles. The largest absolute Gasteiger partial charge is 0.490 e. The summed E-state index contributed by atoms with van der Waals surface area (Å²) in [5.41, 5.74) is 0.312. The molecule has 0 radical (unpaired) electrons. The van der Waals surface area contributed by atoms with Gasteiger partial charge in [0.2, 0.25) is 0 Å². The highest BCUT2D eigenvalue weighted by molar-refractivity contribution is 5.87. The Morgan fingerprint density at radius 3 is 1.61 bits per heavy atom. The lowest BCUT2D eigenvalue weighted by molar-refractivity contribution is 0.0697. The Kier molecular flexibility index (Phi) is 14.4. The van der Waals surface area contributed by atoms with Crippen molar-refractivity contribution in [1.29, 1.82) is 0 Å². The van der Waals surface area contributed by atoms with E-state index in [0.29, 0.717) is 5.56 Å². The number of hydrogen-bond donors (Lipinski definition) is 1. The zero-order chi connectivity index (χ0) is 20.5. The van der Waals surface area contributed by atoms with Crippen LogP contribution in [0.5, 0.6) is 5.75 Å². The van der Waals surface area contributed by atoms with E-state index in [1.54, 1.807) is 24.3 Å². The highest BCUT2D eigenvalue weighted by Gasteiger charge is 2.11. The molecule has 0 saturated heterocycles. The number of ether oxygens (including phenoxy) is 1. The second-order valence-electron chi connectivity index (χ2n) is 8.04. The van der Waals surface area contributed by atoms with Crippen LogP contribution >= 0.6 is 0 Å². The molecule has 1 atom stereocenters. The summed E-state index contributed by atoms with van der Waals surface area (Å²) in [7, 11) is 0. The van der Waals surface area contributed by atoms with Gasteiger partial charge in [0.15, 0.2) is 0 Å². The summed E-state index contributed by atoms with van der Waals surface area (Å²) in [6, 6.07) is 6.85. The monoisotopic (exact) mass is 390 g/mol. The first kappa shape index (κ1) is 24.5. The van der Waals surface area contributed by atoms with Gasteiger partial charge in [0.1, 0.15) is 5.75 Å². The molecule has 0 aliphatic carbocycles. The molecular weight excluding hydrogens is 348 g/mol. The molecule has 3 nitrogen and oxygen atoms in total. The van der Waals surface area contributed by atoms with Crippen LogP contribution < -0.4 is 4.74 Å². The SMILES string of the molecule is CCCCCCCCCC(CCCCCCCC)Oc1ccc(C(=O)O)cc1. The van der Waals surface area contributed by atoms with Gasteiger partial charge >= 0.3 is 5.97 Å². The summed E-state index contributed by atoms with van der Waals surface area (Å²) >= 11 is 0. The van der Waals surface area contributed by atoms with Gasteiger partial charge in [-0.3, -0.25) is 0 Å². The Balaban J connectivity index is 2.39. The van der Waals surface area contributed by atoms with E-state index >= 15 is 0 Å². The summed E-state index contributed by atoms with van der Waals surface area (Å²) in [6.45, 7) is 4.51. The van der Waals surface area contributed by atoms with Crippen LogP contribution in [0.25, 0.3) is 0 Å². The van der Waals surface area contributed by atoms with Crippen molar-refractivity contribution >= 4 is 5.97 Å². The lowest BCUT2D eigenvalue weighted by Gasteiger charge is -2.19. The number of carboxylic acids is 1. The van der Waals surface area contributed by atoms with Crippen molar-refractivity contribution < 1.29 is 14.6 Å². The van der Waals surface area contributed by atoms with Gasteiger partial charge in [0.25, 0.3) is 0 Å². The second kappa shape index (κ2) is 16.4. The lowest BCUT2D eigenvalue weighted by atomic mass is 10.0. The van der Waals surface area contributed by atoms with Gasteiger partial charge in [-0.1, -0.05) is 84.5 Å². The van der Waals surface area contributed by atoms with Crippen molar-refractivity contribution in [3.63, 3.8) is 0 Å². The number of carbonyl (C=O) groups is 1. The molecule has 1 N–H and O–H groups in total. The predicted octanol–water partition coefficient (Wildman–Crippen LogP) is 8.02. The van der Waals surface area contributed by atoms with Gasteiger partial charge in [-0.2, -0.15) is 0 Å². The molecule has 1 unspecified atom stereocenters. The third-order valence-corrected chi connectivity index (χ3v) is 5.41. The number of unbranched alkanes of at least 4 members (excludes halogenated alkanes) is 11. The van der Waals surface area contributed by atoms with Crippen LogP contribution in [0.3, 0.4) is 0 Å². The average Bonchev–Trinajstić information content (AvgIpc) is 2.70. The maximum atomic E-state index is 11.0. The fourth-order valence-corrected chi connectivity index (χ4v) is 3.61. The van der Waals surface area contributed by atoms with Crippen molar-refractivity contribution in [3.8, 4) is 5.75 Å². The van der Waals surface area contributed by atoms with Crippen LogP contribution in [0.1, 0.15) is 121 Å². The lowest BCUT2D eigenvalue weighted by Crippen LogP contribution is -2.16. The molecule has 1 aromatic carbocycles. The minimum atomic E-state index is -0.891. The van der Waals surface area contributed by atoms with E-state index < -0.39 is 5.97 Å². The minimum Gasteiger partial charge on any atom is -0.490 e. The van der Waals surface area contributed by atoms with E-state index in [4.69, 9.17) is 9.84 Å². The van der Waals surface area contributed by atoms with E-state index in [1.807, 2.05) is 0 Å². The van der Waals surface area contributed by atoms with Gasteiger partial charge < -0.3 is 9.84 Å². The maximum absolute atomic E-state index is 11.0. The molecular formula is C25H42O3. The normalized spacial score (nSPS) is 12.1. The van der Waals surface area contributed by atoms with E-state index in [2.05, 4.69) is 13.8 Å². The average molecular weight is 391 g/mol. The van der Waals surface area contributed by atoms with E-state index in [9.17, 15) is 4.79 Å². The smallest absolute Gasteiger partial charge is 0.335 e. The first-order valence-electron chi connectivity index (χ1n) is 11.7. The van der Waals surface area contributed by atoms with Gasteiger partial charge in [-0.25, -0.2) is 4.79 Å². The van der Waals surface area contributed by atoms with E-state index in [-0.39, 0.29) is 6.10 Å².